The minimum Gasteiger partial charge on any atom is -0.395 e. The highest BCUT2D eigenvalue weighted by Gasteiger charge is 2.27. The molecule has 0 amide bonds. The first-order valence-electron chi connectivity index (χ1n) is 6.97. The average molecular weight is 249 g/mol. The van der Waals surface area contributed by atoms with E-state index >= 15 is 0 Å². The summed E-state index contributed by atoms with van der Waals surface area (Å²) in [6.07, 6.45) is 3.78. The topological polar surface area (TPSA) is 23.5 Å². The number of aliphatic hydroxyl groups excluding tert-OH is 1. The fourth-order valence-electron chi connectivity index (χ4n) is 2.38. The monoisotopic (exact) mass is 249 g/mol. The van der Waals surface area contributed by atoms with Crippen molar-refractivity contribution in [3.63, 3.8) is 0 Å². The molecule has 0 fully saturated rings. The Morgan fingerprint density at radius 3 is 2.39 bits per heavy atom. The van der Waals surface area contributed by atoms with Crippen LogP contribution in [-0.2, 0) is 5.41 Å². The number of aliphatic hydroxyl groups is 1. The zero-order valence-corrected chi connectivity index (χ0v) is 12.0. The lowest BCUT2D eigenvalue weighted by atomic mass is 9.83. The van der Waals surface area contributed by atoms with E-state index in [1.165, 1.54) is 24.8 Å². The fourth-order valence-corrected chi connectivity index (χ4v) is 2.38. The van der Waals surface area contributed by atoms with Gasteiger partial charge >= 0.3 is 0 Å². The number of unbranched alkanes of at least 4 members (excludes halogenated alkanes) is 2. The van der Waals surface area contributed by atoms with Crippen molar-refractivity contribution in [2.75, 3.05) is 26.7 Å². The van der Waals surface area contributed by atoms with Crippen molar-refractivity contribution in [2.45, 2.75) is 38.5 Å². The second-order valence-corrected chi connectivity index (χ2v) is 5.53. The first-order chi connectivity index (χ1) is 8.62. The second-order valence-electron chi connectivity index (χ2n) is 5.53. The van der Waals surface area contributed by atoms with Crippen molar-refractivity contribution in [1.29, 1.82) is 0 Å². The number of rotatable bonds is 8. The number of hydrogen-bond donors (Lipinski definition) is 1. The Labute approximate surface area is 112 Å². The molecule has 0 heterocycles. The Bertz CT molecular complexity index is 325. The normalized spacial score (nSPS) is 14.7. The first kappa shape index (κ1) is 15.2. The minimum atomic E-state index is -0.164. The Balaban J connectivity index is 2.60. The molecule has 102 valence electrons. The van der Waals surface area contributed by atoms with Crippen LogP contribution >= 0.6 is 0 Å². The van der Waals surface area contributed by atoms with Gasteiger partial charge in [-0.3, -0.25) is 0 Å². The zero-order chi connectivity index (χ0) is 13.4. The highest BCUT2D eigenvalue weighted by atomic mass is 16.3. The van der Waals surface area contributed by atoms with E-state index in [1.54, 1.807) is 0 Å². The summed E-state index contributed by atoms with van der Waals surface area (Å²) in [5, 5.41) is 9.73. The molecule has 18 heavy (non-hydrogen) atoms. The molecule has 2 nitrogen and oxygen atoms in total. The van der Waals surface area contributed by atoms with Crippen LogP contribution in [0.2, 0.25) is 0 Å². The van der Waals surface area contributed by atoms with E-state index in [-0.39, 0.29) is 12.0 Å². The summed E-state index contributed by atoms with van der Waals surface area (Å²) in [4.78, 5) is 2.33. The van der Waals surface area contributed by atoms with Crippen LogP contribution in [0, 0.1) is 0 Å². The summed E-state index contributed by atoms with van der Waals surface area (Å²) in [5.41, 5.74) is 1.05. The van der Waals surface area contributed by atoms with E-state index in [0.29, 0.717) is 0 Å². The van der Waals surface area contributed by atoms with Crippen molar-refractivity contribution in [3.05, 3.63) is 35.9 Å². The van der Waals surface area contributed by atoms with Crippen LogP contribution in [0.15, 0.2) is 30.3 Å². The lowest BCUT2D eigenvalue weighted by molar-refractivity contribution is 0.158. The Hall–Kier alpha value is -0.860. The van der Waals surface area contributed by atoms with Crippen LogP contribution < -0.4 is 0 Å². The maximum atomic E-state index is 9.73. The highest BCUT2D eigenvalue weighted by Crippen LogP contribution is 2.24. The molecule has 0 aromatic heterocycles. The molecule has 1 aromatic carbocycles. The zero-order valence-electron chi connectivity index (χ0n) is 12.0. The van der Waals surface area contributed by atoms with Crippen LogP contribution in [0.3, 0.4) is 0 Å². The quantitative estimate of drug-likeness (QED) is 0.716. The fraction of sp³-hybridized carbons (Fsp3) is 0.625. The van der Waals surface area contributed by atoms with E-state index in [0.717, 1.165) is 13.1 Å². The van der Waals surface area contributed by atoms with Gasteiger partial charge in [0.2, 0.25) is 0 Å². The minimum absolute atomic E-state index is 0.164. The molecule has 0 bridgehead atoms. The predicted octanol–water partition coefficient (Wildman–Crippen LogP) is 3.06. The van der Waals surface area contributed by atoms with E-state index in [1.807, 2.05) is 18.2 Å². The molecule has 0 saturated heterocycles. The summed E-state index contributed by atoms with van der Waals surface area (Å²) in [5.74, 6) is 0. The van der Waals surface area contributed by atoms with Gasteiger partial charge in [0.25, 0.3) is 0 Å². The summed E-state index contributed by atoms with van der Waals surface area (Å²) >= 11 is 0. The van der Waals surface area contributed by atoms with Gasteiger partial charge in [0.15, 0.2) is 0 Å². The first-order valence-corrected chi connectivity index (χ1v) is 6.97. The SMILES string of the molecule is CCCCCN(C)CC(C)(CO)c1ccccc1. The van der Waals surface area contributed by atoms with Crippen LogP contribution in [0.1, 0.15) is 38.7 Å². The van der Waals surface area contributed by atoms with Crippen LogP contribution in [-0.4, -0.2) is 36.8 Å². The third-order valence-corrected chi connectivity index (χ3v) is 3.58. The summed E-state index contributed by atoms with van der Waals surface area (Å²) in [6.45, 7) is 6.56. The maximum absolute atomic E-state index is 9.73. The number of likely N-dealkylation sites (N-methyl/N-ethyl adjacent to an activating group) is 1. The molecule has 1 rings (SSSR count). The van der Waals surface area contributed by atoms with Gasteiger partial charge in [0.1, 0.15) is 0 Å². The molecule has 0 aliphatic rings. The van der Waals surface area contributed by atoms with Gasteiger partial charge in [-0.25, -0.2) is 0 Å². The highest BCUT2D eigenvalue weighted by molar-refractivity contribution is 5.25. The molecule has 1 N–H and O–H groups in total. The molecule has 0 aliphatic heterocycles. The Morgan fingerprint density at radius 2 is 1.83 bits per heavy atom. The van der Waals surface area contributed by atoms with Crippen molar-refractivity contribution in [3.8, 4) is 0 Å². The van der Waals surface area contributed by atoms with Crippen LogP contribution in [0.25, 0.3) is 0 Å². The van der Waals surface area contributed by atoms with Gasteiger partial charge in [-0.05, 0) is 25.6 Å². The third-order valence-electron chi connectivity index (χ3n) is 3.58. The van der Waals surface area contributed by atoms with Gasteiger partial charge in [0, 0.05) is 12.0 Å². The van der Waals surface area contributed by atoms with E-state index < -0.39 is 0 Å². The van der Waals surface area contributed by atoms with Gasteiger partial charge in [0.05, 0.1) is 6.61 Å². The van der Waals surface area contributed by atoms with E-state index in [4.69, 9.17) is 0 Å². The van der Waals surface area contributed by atoms with Crippen molar-refractivity contribution < 1.29 is 5.11 Å². The molecular formula is C16H27NO. The molecule has 1 atom stereocenters. The summed E-state index contributed by atoms with van der Waals surface area (Å²) in [7, 11) is 2.15. The van der Waals surface area contributed by atoms with Crippen molar-refractivity contribution in [2.24, 2.45) is 0 Å². The molecule has 2 heteroatoms. The second kappa shape index (κ2) is 7.55. The largest absolute Gasteiger partial charge is 0.395 e. The maximum Gasteiger partial charge on any atom is 0.0537 e. The number of benzene rings is 1. The van der Waals surface area contributed by atoms with Crippen molar-refractivity contribution >= 4 is 0 Å². The summed E-state index contributed by atoms with van der Waals surface area (Å²) in [6, 6.07) is 10.3. The average Bonchev–Trinajstić information content (AvgIpc) is 2.40. The molecule has 0 spiro atoms. The molecule has 0 aliphatic carbocycles. The standard InChI is InChI=1S/C16H27NO/c1-4-5-9-12-17(3)13-16(2,14-18)15-10-7-6-8-11-15/h6-8,10-11,18H,4-5,9,12-14H2,1-3H3. The third kappa shape index (κ3) is 4.43. The lowest BCUT2D eigenvalue weighted by Crippen LogP contribution is -2.40. The van der Waals surface area contributed by atoms with Crippen LogP contribution in [0.4, 0.5) is 0 Å². The molecule has 0 saturated carbocycles. The van der Waals surface area contributed by atoms with E-state index in [2.05, 4.69) is 37.9 Å². The lowest BCUT2D eigenvalue weighted by Gasteiger charge is -2.32. The van der Waals surface area contributed by atoms with Crippen LogP contribution in [0.5, 0.6) is 0 Å². The van der Waals surface area contributed by atoms with Gasteiger partial charge < -0.3 is 10.0 Å². The molecule has 1 unspecified atom stereocenters. The molecule has 0 radical (unpaired) electrons. The van der Waals surface area contributed by atoms with Gasteiger partial charge in [-0.15, -0.1) is 0 Å². The van der Waals surface area contributed by atoms with Gasteiger partial charge in [-0.1, -0.05) is 57.0 Å². The number of nitrogens with zero attached hydrogens (tertiary/aromatic N) is 1. The molecule has 1 aromatic rings. The molecular weight excluding hydrogens is 222 g/mol. The summed E-state index contributed by atoms with van der Waals surface area (Å²) < 4.78 is 0. The number of hydrogen-bond acceptors (Lipinski definition) is 2. The predicted molar refractivity (Wildman–Crippen MR) is 77.9 cm³/mol. The Kier molecular flexibility index (Phi) is 6.37. The van der Waals surface area contributed by atoms with Crippen molar-refractivity contribution in [1.82, 2.24) is 4.90 Å². The van der Waals surface area contributed by atoms with Gasteiger partial charge in [-0.2, -0.15) is 0 Å². The van der Waals surface area contributed by atoms with E-state index in [9.17, 15) is 5.11 Å². The smallest absolute Gasteiger partial charge is 0.0537 e. The Morgan fingerprint density at radius 1 is 1.17 bits per heavy atom.